The third-order valence-corrected chi connectivity index (χ3v) is 3.07. The number of nitrogen functional groups attached to an aromatic ring is 1. The Kier molecular flexibility index (Phi) is 1.95. The predicted molar refractivity (Wildman–Crippen MR) is 63.5 cm³/mol. The molecule has 1 aliphatic rings. The van der Waals surface area contributed by atoms with Gasteiger partial charge in [0.15, 0.2) is 0 Å². The van der Waals surface area contributed by atoms with E-state index >= 15 is 0 Å². The van der Waals surface area contributed by atoms with Crippen LogP contribution in [0.4, 0.5) is 11.6 Å². The number of nitrogens with zero attached hydrogens (tertiary/aromatic N) is 2. The third-order valence-electron chi connectivity index (χ3n) is 3.07. The van der Waals surface area contributed by atoms with Gasteiger partial charge in [0, 0.05) is 12.7 Å². The van der Waals surface area contributed by atoms with Crippen LogP contribution in [-0.4, -0.2) is 18.1 Å². The Balaban J connectivity index is 2.12. The highest BCUT2D eigenvalue weighted by atomic mass is 16.5. The quantitative estimate of drug-likeness (QED) is 0.803. The maximum absolute atomic E-state index is 11.6. The lowest BCUT2D eigenvalue weighted by molar-refractivity contribution is -0.117. The summed E-state index contributed by atoms with van der Waals surface area (Å²) < 4.78 is 4.83. The fourth-order valence-corrected chi connectivity index (χ4v) is 2.07. The molecule has 0 radical (unpaired) electrons. The lowest BCUT2D eigenvalue weighted by Crippen LogP contribution is -2.20. The number of nitrogens with two attached hydrogens (primary N) is 1. The Morgan fingerprint density at radius 1 is 1.47 bits per heavy atom. The maximum atomic E-state index is 11.6. The van der Waals surface area contributed by atoms with E-state index in [0.29, 0.717) is 6.42 Å². The van der Waals surface area contributed by atoms with Crippen LogP contribution in [0.25, 0.3) is 11.1 Å². The minimum atomic E-state index is 0.107. The van der Waals surface area contributed by atoms with Gasteiger partial charge in [-0.05, 0) is 17.2 Å². The van der Waals surface area contributed by atoms with Gasteiger partial charge >= 0.3 is 0 Å². The smallest absolute Gasteiger partial charge is 0.231 e. The van der Waals surface area contributed by atoms with Crippen molar-refractivity contribution in [1.82, 2.24) is 5.16 Å². The highest BCUT2D eigenvalue weighted by molar-refractivity contribution is 6.01. The molecule has 0 fully saturated rings. The molecule has 5 heteroatoms. The number of hydrogen-bond donors (Lipinski definition) is 1. The van der Waals surface area contributed by atoms with Gasteiger partial charge in [-0.15, -0.1) is 0 Å². The average Bonchev–Trinajstić information content (AvgIpc) is 2.85. The largest absolute Gasteiger partial charge is 0.367 e. The summed E-state index contributed by atoms with van der Waals surface area (Å²) in [6.07, 6.45) is 2.04. The van der Waals surface area contributed by atoms with E-state index in [-0.39, 0.29) is 11.8 Å². The standard InChI is InChI=1S/C12H11N3O2/c1-15-10-4-7(9-6-14-17-12(9)13)2-3-8(10)5-11(15)16/h2-4,6H,5,13H2,1H3. The summed E-state index contributed by atoms with van der Waals surface area (Å²) in [7, 11) is 1.77. The first-order valence-electron chi connectivity index (χ1n) is 5.27. The van der Waals surface area contributed by atoms with E-state index in [2.05, 4.69) is 5.16 Å². The molecule has 1 aromatic carbocycles. The lowest BCUT2D eigenvalue weighted by atomic mass is 10.0. The molecule has 0 spiro atoms. The number of carbonyl (C=O) groups excluding carboxylic acids is 1. The van der Waals surface area contributed by atoms with Crippen LogP contribution in [0.1, 0.15) is 5.56 Å². The van der Waals surface area contributed by atoms with Gasteiger partial charge in [-0.2, -0.15) is 0 Å². The normalized spacial score (nSPS) is 14.2. The highest BCUT2D eigenvalue weighted by Gasteiger charge is 2.24. The van der Waals surface area contributed by atoms with Crippen LogP contribution in [0.5, 0.6) is 0 Å². The zero-order chi connectivity index (χ0) is 12.0. The molecule has 1 aliphatic heterocycles. The summed E-state index contributed by atoms with van der Waals surface area (Å²) in [5, 5.41) is 3.65. The number of benzene rings is 1. The van der Waals surface area contributed by atoms with Gasteiger partial charge in [-0.25, -0.2) is 0 Å². The zero-order valence-corrected chi connectivity index (χ0v) is 9.30. The number of anilines is 2. The molecule has 0 unspecified atom stereocenters. The van der Waals surface area contributed by atoms with Crippen molar-refractivity contribution in [2.24, 2.45) is 0 Å². The summed E-state index contributed by atoms with van der Waals surface area (Å²) in [5.74, 6) is 0.396. The molecule has 1 amide bonds. The molecule has 0 aliphatic carbocycles. The molecule has 17 heavy (non-hydrogen) atoms. The van der Waals surface area contributed by atoms with Gasteiger partial charge in [0.2, 0.25) is 11.8 Å². The monoisotopic (exact) mass is 229 g/mol. The van der Waals surface area contributed by atoms with E-state index in [9.17, 15) is 4.79 Å². The molecule has 0 saturated heterocycles. The summed E-state index contributed by atoms with van der Waals surface area (Å²) in [5.41, 5.74) is 9.29. The molecule has 0 atom stereocenters. The van der Waals surface area contributed by atoms with Gasteiger partial charge in [0.25, 0.3) is 0 Å². The zero-order valence-electron chi connectivity index (χ0n) is 9.30. The van der Waals surface area contributed by atoms with E-state index in [1.165, 1.54) is 0 Å². The van der Waals surface area contributed by atoms with Crippen LogP contribution in [0.2, 0.25) is 0 Å². The topological polar surface area (TPSA) is 72.4 Å². The molecule has 0 bridgehead atoms. The Bertz CT molecular complexity index is 604. The minimum absolute atomic E-state index is 0.107. The Morgan fingerprint density at radius 2 is 2.29 bits per heavy atom. The first kappa shape index (κ1) is 9.89. The number of rotatable bonds is 1. The number of fused-ring (bicyclic) bond motifs is 1. The van der Waals surface area contributed by atoms with Gasteiger partial charge in [-0.1, -0.05) is 17.3 Å². The van der Waals surface area contributed by atoms with Gasteiger partial charge in [0.1, 0.15) is 0 Å². The van der Waals surface area contributed by atoms with Crippen LogP contribution in [0.15, 0.2) is 28.9 Å². The van der Waals surface area contributed by atoms with Crippen molar-refractivity contribution < 1.29 is 9.32 Å². The third kappa shape index (κ3) is 1.39. The van der Waals surface area contributed by atoms with Crippen LogP contribution in [-0.2, 0) is 11.2 Å². The van der Waals surface area contributed by atoms with Crippen molar-refractivity contribution in [1.29, 1.82) is 0 Å². The van der Waals surface area contributed by atoms with E-state index in [0.717, 1.165) is 22.4 Å². The van der Waals surface area contributed by atoms with E-state index in [4.69, 9.17) is 10.3 Å². The summed E-state index contributed by atoms with van der Waals surface area (Å²) in [6.45, 7) is 0. The highest BCUT2D eigenvalue weighted by Crippen LogP contribution is 2.34. The summed E-state index contributed by atoms with van der Waals surface area (Å²) in [6, 6.07) is 5.80. The fourth-order valence-electron chi connectivity index (χ4n) is 2.07. The first-order chi connectivity index (χ1) is 8.16. The van der Waals surface area contributed by atoms with Gasteiger partial charge in [-0.3, -0.25) is 4.79 Å². The number of aromatic nitrogens is 1. The number of hydrogen-bond acceptors (Lipinski definition) is 4. The van der Waals surface area contributed by atoms with E-state index in [1.54, 1.807) is 18.1 Å². The maximum Gasteiger partial charge on any atom is 0.231 e. The SMILES string of the molecule is CN1C(=O)Cc2ccc(-c3cnoc3N)cc21. The second-order valence-electron chi connectivity index (χ2n) is 4.08. The van der Waals surface area contributed by atoms with Crippen LogP contribution in [0.3, 0.4) is 0 Å². The summed E-state index contributed by atoms with van der Waals surface area (Å²) >= 11 is 0. The molecule has 86 valence electrons. The molecule has 0 saturated carbocycles. The molecular weight excluding hydrogens is 218 g/mol. The van der Waals surface area contributed by atoms with Gasteiger partial charge < -0.3 is 15.2 Å². The summed E-state index contributed by atoms with van der Waals surface area (Å²) in [4.78, 5) is 13.2. The molecule has 2 heterocycles. The Hall–Kier alpha value is -2.30. The van der Waals surface area contributed by atoms with E-state index in [1.807, 2.05) is 18.2 Å². The first-order valence-corrected chi connectivity index (χ1v) is 5.27. The molecule has 2 N–H and O–H groups in total. The average molecular weight is 229 g/mol. The van der Waals surface area contributed by atoms with Crippen molar-refractivity contribution in [3.05, 3.63) is 30.0 Å². The molecule has 5 nitrogen and oxygen atoms in total. The second kappa shape index (κ2) is 3.35. The molecule has 2 aromatic rings. The van der Waals surface area contributed by atoms with Gasteiger partial charge in [0.05, 0.1) is 18.2 Å². The van der Waals surface area contributed by atoms with Crippen molar-refractivity contribution in [2.45, 2.75) is 6.42 Å². The minimum Gasteiger partial charge on any atom is -0.367 e. The fraction of sp³-hybridized carbons (Fsp3) is 0.167. The van der Waals surface area contributed by atoms with Crippen LogP contribution < -0.4 is 10.6 Å². The van der Waals surface area contributed by atoms with Crippen molar-refractivity contribution in [3.8, 4) is 11.1 Å². The molecular formula is C12H11N3O2. The van der Waals surface area contributed by atoms with Crippen LogP contribution >= 0.6 is 0 Å². The van der Waals surface area contributed by atoms with Crippen molar-refractivity contribution in [2.75, 3.05) is 17.7 Å². The predicted octanol–water partition coefficient (Wildman–Crippen LogP) is 1.44. The second-order valence-corrected chi connectivity index (χ2v) is 4.08. The van der Waals surface area contributed by atoms with Crippen molar-refractivity contribution in [3.63, 3.8) is 0 Å². The Morgan fingerprint density at radius 3 is 3.00 bits per heavy atom. The van der Waals surface area contributed by atoms with Crippen LogP contribution in [0, 0.1) is 0 Å². The molecule has 1 aromatic heterocycles. The molecule has 3 rings (SSSR count). The van der Waals surface area contributed by atoms with Crippen molar-refractivity contribution >= 4 is 17.5 Å². The number of carbonyl (C=O) groups is 1. The Labute approximate surface area is 97.8 Å². The van der Waals surface area contributed by atoms with E-state index < -0.39 is 0 Å². The number of amides is 1. The lowest BCUT2D eigenvalue weighted by Gasteiger charge is -2.10. The number of likely N-dealkylation sites (N-methyl/N-ethyl adjacent to an activating group) is 1.